The largest absolute Gasteiger partial charge is 0.289 e. The van der Waals surface area contributed by atoms with Crippen molar-refractivity contribution in [3.8, 4) is 140 Å². The van der Waals surface area contributed by atoms with E-state index in [1.54, 1.807) is 0 Å². The minimum atomic E-state index is 0. The molecule has 2 aromatic heterocycles. The van der Waals surface area contributed by atoms with Crippen molar-refractivity contribution < 1.29 is 40.2 Å². The van der Waals surface area contributed by atoms with Gasteiger partial charge >= 0.3 is 0 Å². The second-order valence-electron chi connectivity index (χ2n) is 36.5. The molecule has 0 saturated carbocycles. The van der Waals surface area contributed by atoms with E-state index >= 15 is 0 Å². The predicted molar refractivity (Wildman–Crippen MR) is 524 cm³/mol. The Kier molecular flexibility index (Phi) is 31.2. The number of aromatic nitrogens is 6. The Morgan fingerprint density at radius 3 is 1.02 bits per heavy atom. The molecule has 15 aromatic rings. The smallest absolute Gasteiger partial charge is 0.140 e. The maximum Gasteiger partial charge on any atom is 0.140 e. The summed E-state index contributed by atoms with van der Waals surface area (Å²) in [7, 11) is 1.97. The summed E-state index contributed by atoms with van der Waals surface area (Å²) in [5, 5.41) is 9.86. The van der Waals surface area contributed by atoms with Crippen LogP contribution in [0, 0.1) is 53.7 Å². The molecule has 13 aromatic carbocycles. The van der Waals surface area contributed by atoms with Gasteiger partial charge in [0.2, 0.25) is 0 Å². The molecule has 0 bridgehead atoms. The first-order valence-corrected chi connectivity index (χ1v) is 45.5. The molecule has 0 fully saturated rings. The molecule has 2 radical (unpaired) electrons. The molecule has 0 spiro atoms. The van der Waals surface area contributed by atoms with Crippen molar-refractivity contribution in [2.75, 3.05) is 0 Å². The monoisotopic (exact) mass is 2000 g/mol. The van der Waals surface area contributed by atoms with Gasteiger partial charge in [-0.3, -0.25) is 19.3 Å². The standard InChI is InChI=1S/C71H76N3.C46H50N3.2Ir/c1-14-17-50-20-24-52(25-21-50)60-41-61(53-26-22-51(18-15-2)23-27-53)45-65(44-60)74-69(72-66(73-74)19-16-3)57-30-28-56(29-31-57)67-46(4)48(6)68(49(7)47(67)5)62-42-58(54-32-36-63(37-33-54)70(8,9)10)40-59(43-62)55-34-38-64(39-35-55)71(11,12)13;1-7-10-14-34-18-22-36(23-19-34)40-29-41(37-24-20-35(21-25-37)15-11-8-2)31-42(30-40)44-27-32(4)43(26-33(44)5)38-16-12-17-39(28-38)46-47-45(13-9-3)48-49(46)6;;/h20-30,32-45H,14-19H2,1-13H3;12,16,18-31H,7-11,13-15H2,1-6H3;;/q2*-1;;. The van der Waals surface area contributed by atoms with Gasteiger partial charge in [-0.05, 0) is 320 Å². The van der Waals surface area contributed by atoms with Crippen molar-refractivity contribution in [3.63, 3.8) is 0 Å². The van der Waals surface area contributed by atoms with Crippen LogP contribution in [0.5, 0.6) is 0 Å². The minimum Gasteiger partial charge on any atom is -0.289 e. The van der Waals surface area contributed by atoms with Crippen LogP contribution in [0.4, 0.5) is 0 Å². The van der Waals surface area contributed by atoms with Crippen LogP contribution in [-0.4, -0.2) is 29.5 Å². The summed E-state index contributed by atoms with van der Waals surface area (Å²) in [6.07, 6.45) is 15.2. The molecule has 2 heterocycles. The second kappa shape index (κ2) is 41.7. The Bertz CT molecular complexity index is 5920. The zero-order chi connectivity index (χ0) is 86.8. The first-order chi connectivity index (χ1) is 59.3. The summed E-state index contributed by atoms with van der Waals surface area (Å²) < 4.78 is 3.93. The molecule has 0 aliphatic heterocycles. The summed E-state index contributed by atoms with van der Waals surface area (Å²) in [6.45, 7) is 40.7. The quantitative estimate of drug-likeness (QED) is 0.0481. The van der Waals surface area contributed by atoms with E-state index in [4.69, 9.17) is 15.1 Å². The second-order valence-corrected chi connectivity index (χ2v) is 36.5. The van der Waals surface area contributed by atoms with Crippen LogP contribution in [-0.2, 0) is 96.6 Å². The van der Waals surface area contributed by atoms with Crippen molar-refractivity contribution in [1.29, 1.82) is 0 Å². The van der Waals surface area contributed by atoms with Crippen molar-refractivity contribution in [1.82, 2.24) is 29.5 Å². The topological polar surface area (TPSA) is 61.4 Å². The van der Waals surface area contributed by atoms with Gasteiger partial charge in [0.15, 0.2) is 0 Å². The molecule has 0 N–H and O–H groups in total. The molecular formula is C117H126Ir2N6-2. The van der Waals surface area contributed by atoms with Gasteiger partial charge < -0.3 is 0 Å². The third-order valence-corrected chi connectivity index (χ3v) is 25.0. The Balaban J connectivity index is 0.000000243. The average Bonchev–Trinajstić information content (AvgIpc) is 0.833. The molecule has 0 amide bonds. The molecule has 125 heavy (non-hydrogen) atoms. The maximum absolute atomic E-state index is 5.23. The maximum atomic E-state index is 5.23. The van der Waals surface area contributed by atoms with Crippen LogP contribution in [0.25, 0.3) is 140 Å². The Hall–Kier alpha value is -10.6. The van der Waals surface area contributed by atoms with Gasteiger partial charge in [-0.1, -0.05) is 278 Å². The van der Waals surface area contributed by atoms with E-state index in [0.717, 1.165) is 121 Å². The van der Waals surface area contributed by atoms with Crippen LogP contribution in [0.2, 0.25) is 0 Å². The SMILES string of the molecule is CCCCc1ccc(-c2cc(-c3ccc(CCCC)cc3)cc(-c3cc(C)c(-c4cc[c-]c(-c5nc(CCC)nn5C)c4)cc3C)c2)cc1.CCCc1ccc(-c2cc(-c3ccc(CCC)cc3)cc(-n3nc(CCC)nc3-c3[c-]cc(-c4c(C)c(C)c(-c5cc(-c6ccc(C(C)(C)C)cc6)cc(-c6ccc(C(C)(C)C)cc6)c5)c(C)c4C)cc3)c2)cc1.[Ir].[Ir]. The van der Waals surface area contributed by atoms with E-state index in [-0.39, 0.29) is 51.0 Å². The fourth-order valence-electron chi connectivity index (χ4n) is 17.5. The van der Waals surface area contributed by atoms with E-state index in [0.29, 0.717) is 0 Å². The zero-order valence-corrected chi connectivity index (χ0v) is 82.2. The van der Waals surface area contributed by atoms with Gasteiger partial charge in [-0.15, -0.1) is 65.2 Å². The molecular weight excluding hydrogens is 1870 g/mol. The van der Waals surface area contributed by atoms with Crippen LogP contribution >= 0.6 is 0 Å². The summed E-state index contributed by atoms with van der Waals surface area (Å²) >= 11 is 0. The molecule has 0 unspecified atom stereocenters. The van der Waals surface area contributed by atoms with E-state index in [1.165, 1.54) is 187 Å². The molecule has 0 atom stereocenters. The summed E-state index contributed by atoms with van der Waals surface area (Å²) in [4.78, 5) is 10.1. The predicted octanol–water partition coefficient (Wildman–Crippen LogP) is 31.6. The third-order valence-electron chi connectivity index (χ3n) is 25.0. The molecule has 644 valence electrons. The number of rotatable bonds is 27. The number of unbranched alkanes of at least 4 members (excludes halogenated alkanes) is 2. The number of benzene rings is 13. The first kappa shape index (κ1) is 93.6. The fraction of sp³-hybridized carbons (Fsp3) is 0.299. The van der Waals surface area contributed by atoms with E-state index in [1.807, 2.05) is 17.8 Å². The average molecular weight is 2000 g/mol. The van der Waals surface area contributed by atoms with Gasteiger partial charge in [-0.25, -0.2) is 0 Å². The third kappa shape index (κ3) is 21.9. The Labute approximate surface area is 775 Å². The number of hydrogen-bond acceptors (Lipinski definition) is 4. The molecule has 8 heteroatoms. The van der Waals surface area contributed by atoms with Crippen LogP contribution < -0.4 is 0 Å². The number of hydrogen-bond donors (Lipinski definition) is 0. The van der Waals surface area contributed by atoms with Crippen molar-refractivity contribution in [3.05, 3.63) is 339 Å². The number of nitrogens with zero attached hydrogens (tertiary/aromatic N) is 6. The molecule has 0 saturated heterocycles. The summed E-state index contributed by atoms with van der Waals surface area (Å²) in [5.74, 6) is 3.38. The number of aryl methyl sites for hydroxylation is 9. The van der Waals surface area contributed by atoms with E-state index in [2.05, 4.69) is 389 Å². The summed E-state index contributed by atoms with van der Waals surface area (Å²) in [5.41, 5.74) is 43.4. The van der Waals surface area contributed by atoms with E-state index < -0.39 is 0 Å². The Morgan fingerprint density at radius 1 is 0.296 bits per heavy atom. The van der Waals surface area contributed by atoms with Crippen LogP contribution in [0.1, 0.15) is 213 Å². The fourth-order valence-corrected chi connectivity index (χ4v) is 17.5. The summed E-state index contributed by atoms with van der Waals surface area (Å²) in [6, 6.07) is 101. The zero-order valence-electron chi connectivity index (χ0n) is 77.4. The molecule has 0 aliphatic carbocycles. The molecule has 6 nitrogen and oxygen atoms in total. The first-order valence-electron chi connectivity index (χ1n) is 45.5. The van der Waals surface area contributed by atoms with Gasteiger partial charge in [0.05, 0.1) is 17.3 Å². The van der Waals surface area contributed by atoms with Crippen LogP contribution in [0.15, 0.2) is 249 Å². The van der Waals surface area contributed by atoms with Gasteiger partial charge in [-0.2, -0.15) is 10.2 Å². The minimum absolute atomic E-state index is 0. The van der Waals surface area contributed by atoms with Crippen LogP contribution in [0.3, 0.4) is 0 Å². The van der Waals surface area contributed by atoms with Gasteiger partial charge in [0.25, 0.3) is 0 Å². The van der Waals surface area contributed by atoms with E-state index in [9.17, 15) is 0 Å². The molecule has 0 aliphatic rings. The van der Waals surface area contributed by atoms with Crippen molar-refractivity contribution in [2.24, 2.45) is 7.05 Å². The van der Waals surface area contributed by atoms with Crippen molar-refractivity contribution in [2.45, 2.75) is 225 Å². The van der Waals surface area contributed by atoms with Gasteiger partial charge in [0.1, 0.15) is 11.6 Å². The normalized spacial score (nSPS) is 11.5. The van der Waals surface area contributed by atoms with Crippen molar-refractivity contribution >= 4 is 0 Å². The van der Waals surface area contributed by atoms with Gasteiger partial charge in [0, 0.05) is 60.1 Å². The molecule has 15 rings (SSSR count). The Morgan fingerprint density at radius 2 is 0.640 bits per heavy atom.